The van der Waals surface area contributed by atoms with Crippen LogP contribution in [0.2, 0.25) is 0 Å². The molecule has 2 aromatic heterocycles. The third-order valence-electron chi connectivity index (χ3n) is 6.98. The number of hydrogen-bond acceptors (Lipinski definition) is 12. The number of carbonyl (C=O) groups excluding carboxylic acids is 2. The van der Waals surface area contributed by atoms with E-state index in [1.807, 2.05) is 6.92 Å². The molecule has 43 heavy (non-hydrogen) atoms. The molecule has 1 unspecified atom stereocenters. The minimum Gasteiger partial charge on any atom is -0.375 e. The van der Waals surface area contributed by atoms with Crippen molar-refractivity contribution in [3.05, 3.63) is 62.0 Å². The van der Waals surface area contributed by atoms with E-state index in [-0.39, 0.29) is 41.9 Å². The average molecular weight is 671 g/mol. The number of rotatable bonds is 14. The predicted molar refractivity (Wildman–Crippen MR) is 168 cm³/mol. The summed E-state index contributed by atoms with van der Waals surface area (Å²) in [5.74, 6) is -1.46. The van der Waals surface area contributed by atoms with Gasteiger partial charge in [0.2, 0.25) is 0 Å². The minimum atomic E-state index is -3.79. The van der Waals surface area contributed by atoms with Crippen LogP contribution in [0, 0.1) is 12.8 Å². The third kappa shape index (κ3) is 10.2. The van der Waals surface area contributed by atoms with E-state index in [9.17, 15) is 27.7 Å². The van der Waals surface area contributed by atoms with Crippen molar-refractivity contribution in [3.8, 4) is 0 Å². The lowest BCUT2D eigenvalue weighted by molar-refractivity contribution is -0.120. The molecule has 0 bridgehead atoms. The van der Waals surface area contributed by atoms with Gasteiger partial charge in [0.1, 0.15) is 16.5 Å². The highest BCUT2D eigenvalue weighted by Crippen LogP contribution is 2.59. The number of benzene rings is 1. The highest BCUT2D eigenvalue weighted by Gasteiger charge is 2.37. The van der Waals surface area contributed by atoms with Crippen molar-refractivity contribution in [1.29, 1.82) is 0 Å². The van der Waals surface area contributed by atoms with Gasteiger partial charge >= 0.3 is 7.60 Å². The van der Waals surface area contributed by atoms with Gasteiger partial charge in [-0.3, -0.25) is 14.2 Å². The Hall–Kier alpha value is -2.12. The number of aliphatic hydroxyl groups excluding tert-OH is 1. The summed E-state index contributed by atoms with van der Waals surface area (Å²) in [7, 11) is -7.12. The molecule has 236 valence electrons. The number of aliphatic hydroxyl groups is 1. The summed E-state index contributed by atoms with van der Waals surface area (Å²) in [5, 5.41) is 15.4. The Morgan fingerprint density at radius 2 is 1.72 bits per heavy atom. The first-order valence-electron chi connectivity index (χ1n) is 14.1. The fourth-order valence-corrected chi connectivity index (χ4v) is 8.56. The largest absolute Gasteiger partial charge is 0.375 e. The molecule has 4 rings (SSSR count). The fraction of sp³-hybridized carbons (Fsp3) is 0.517. The van der Waals surface area contributed by atoms with Gasteiger partial charge < -0.3 is 14.2 Å². The lowest BCUT2D eigenvalue weighted by atomic mass is 9.84. The summed E-state index contributed by atoms with van der Waals surface area (Å²) in [6.07, 6.45) is 7.18. The number of ketones is 1. The quantitative estimate of drug-likeness (QED) is 0.148. The number of aromatic nitrogens is 2. The van der Waals surface area contributed by atoms with E-state index in [4.69, 9.17) is 9.05 Å². The zero-order valence-electron chi connectivity index (χ0n) is 24.8. The highest BCUT2D eigenvalue weighted by molar-refractivity contribution is 7.90. The molecule has 14 heteroatoms. The fourth-order valence-electron chi connectivity index (χ4n) is 4.91. The molecule has 2 atom stereocenters. The van der Waals surface area contributed by atoms with E-state index in [0.29, 0.717) is 23.0 Å². The maximum Gasteiger partial charge on any atom is 0.365 e. The summed E-state index contributed by atoms with van der Waals surface area (Å²) in [5.41, 5.74) is 1.49. The van der Waals surface area contributed by atoms with Crippen molar-refractivity contribution < 1.29 is 36.7 Å². The molecular weight excluding hydrogens is 632 g/mol. The molecule has 0 aliphatic heterocycles. The van der Waals surface area contributed by atoms with Crippen LogP contribution in [0.3, 0.4) is 0 Å². The number of hydrogen-bond donors (Lipinski definition) is 1. The number of Topliss-reactive ketones (excluding diaryl/α,β-unsaturated/α-hetero) is 1. The first-order chi connectivity index (χ1) is 20.4. The van der Waals surface area contributed by atoms with Gasteiger partial charge in [-0.1, -0.05) is 37.8 Å². The number of carbonyl (C=O) groups is 2. The Bertz CT molecular complexity index is 1490. The number of aryl methyl sites for hydroxylation is 1. The second-order valence-electron chi connectivity index (χ2n) is 10.2. The zero-order valence-corrected chi connectivity index (χ0v) is 28.1. The van der Waals surface area contributed by atoms with Crippen LogP contribution < -0.4 is 0 Å². The van der Waals surface area contributed by atoms with Gasteiger partial charge in [-0.2, -0.15) is 0 Å². The Labute approximate surface area is 261 Å². The van der Waals surface area contributed by atoms with Gasteiger partial charge in [-0.05, 0) is 50.8 Å². The van der Waals surface area contributed by atoms with E-state index in [1.165, 1.54) is 22.7 Å². The van der Waals surface area contributed by atoms with Crippen LogP contribution in [0.25, 0.3) is 0 Å². The van der Waals surface area contributed by atoms with Crippen LogP contribution in [-0.4, -0.2) is 55.0 Å². The van der Waals surface area contributed by atoms with Crippen molar-refractivity contribution in [3.63, 3.8) is 0 Å². The number of thiazole rings is 2. The smallest absolute Gasteiger partial charge is 0.365 e. The van der Waals surface area contributed by atoms with E-state index >= 15 is 0 Å². The third-order valence-corrected chi connectivity index (χ3v) is 11.9. The normalized spacial score (nSPS) is 15.5. The van der Waals surface area contributed by atoms with E-state index < -0.39 is 23.3 Å². The summed E-state index contributed by atoms with van der Waals surface area (Å²) in [4.78, 5) is 31.9. The maximum atomic E-state index is 13.4. The van der Waals surface area contributed by atoms with E-state index in [0.717, 1.165) is 48.8 Å². The Morgan fingerprint density at radius 3 is 2.21 bits per heavy atom. The molecule has 0 spiro atoms. The molecule has 0 saturated heterocycles. The molecular formula is C29H39N2O8PS3. The number of sulfone groups is 1. The van der Waals surface area contributed by atoms with Crippen LogP contribution >= 0.6 is 30.3 Å². The molecule has 3 aromatic rings. The monoisotopic (exact) mass is 670 g/mol. The van der Waals surface area contributed by atoms with E-state index in [2.05, 4.69) is 9.97 Å². The predicted octanol–water partition coefficient (Wildman–Crippen LogP) is 6.54. The van der Waals surface area contributed by atoms with Gasteiger partial charge in [-0.25, -0.2) is 18.4 Å². The summed E-state index contributed by atoms with van der Waals surface area (Å²) >= 11 is 2.70. The van der Waals surface area contributed by atoms with Crippen LogP contribution in [0.15, 0.2) is 39.9 Å². The van der Waals surface area contributed by atoms with Crippen molar-refractivity contribution in [2.45, 2.75) is 76.0 Å². The molecule has 1 aliphatic carbocycles. The Balaban J connectivity index is 0.000000546. The van der Waals surface area contributed by atoms with Crippen molar-refractivity contribution in [2.24, 2.45) is 5.92 Å². The summed E-state index contributed by atoms with van der Waals surface area (Å²) in [6, 6.07) is 6.56. The van der Waals surface area contributed by atoms with Crippen LogP contribution in [-0.2, 0) is 34.7 Å². The van der Waals surface area contributed by atoms with Crippen molar-refractivity contribution in [1.82, 2.24) is 9.97 Å². The van der Waals surface area contributed by atoms with Crippen molar-refractivity contribution >= 4 is 52.2 Å². The summed E-state index contributed by atoms with van der Waals surface area (Å²) in [6.45, 7) is 5.43. The average Bonchev–Trinajstić information content (AvgIpc) is 3.74. The Morgan fingerprint density at radius 1 is 1.09 bits per heavy atom. The Kier molecular flexibility index (Phi) is 13.4. The van der Waals surface area contributed by atoms with Crippen LogP contribution in [0.4, 0.5) is 0 Å². The van der Waals surface area contributed by atoms with Gasteiger partial charge in [0.25, 0.3) is 0 Å². The number of nitrogens with zero attached hydrogens (tertiary/aromatic N) is 2. The molecule has 0 radical (unpaired) electrons. The SMILES string of the molecule is CCOP(=O)(OCC)C(O)c1csc(CC(=O)[C@H](CC2CCCC2)c2ccc(S(C)(=O)=O)cc2)n1.Cc1nc(C=O)cs1. The molecule has 1 saturated carbocycles. The highest BCUT2D eigenvalue weighted by atomic mass is 32.2. The molecule has 10 nitrogen and oxygen atoms in total. The standard InChI is InChI=1S/C24H34NO7PS2.C5H5NOS/c1-4-31-33(28,32-5-2)24(27)21-16-34-23(25-21)15-22(26)20(14-17-8-6-7-9-17)18-10-12-19(13-11-18)35(3,29)30;1-4-6-5(2-7)3-8-4/h10-13,16-17,20,24,27H,4-9,14-15H2,1-3H3;2-3H,1H3/t20-,24?;/m1./s1. The lowest BCUT2D eigenvalue weighted by Gasteiger charge is -2.21. The first-order valence-corrected chi connectivity index (χ1v) is 19.4. The first kappa shape index (κ1) is 35.4. The topological polar surface area (TPSA) is 150 Å². The zero-order chi connectivity index (χ0) is 31.6. The van der Waals surface area contributed by atoms with Gasteiger partial charge in [0, 0.05) is 22.9 Å². The maximum absolute atomic E-state index is 13.4. The van der Waals surface area contributed by atoms with E-state index in [1.54, 1.807) is 48.9 Å². The summed E-state index contributed by atoms with van der Waals surface area (Å²) < 4.78 is 47.0. The molecule has 1 fully saturated rings. The van der Waals surface area contributed by atoms with Gasteiger partial charge in [0.05, 0.1) is 35.2 Å². The lowest BCUT2D eigenvalue weighted by Crippen LogP contribution is -2.18. The van der Waals surface area contributed by atoms with Crippen molar-refractivity contribution in [2.75, 3.05) is 19.5 Å². The minimum absolute atomic E-state index is 0.0165. The number of aldehydes is 1. The molecule has 1 aliphatic rings. The molecule has 1 N–H and O–H groups in total. The van der Waals surface area contributed by atoms with Gasteiger partial charge in [0.15, 0.2) is 22.0 Å². The van der Waals surface area contributed by atoms with Gasteiger partial charge in [-0.15, -0.1) is 22.7 Å². The van der Waals surface area contributed by atoms with Crippen LogP contribution in [0.5, 0.6) is 0 Å². The molecule has 0 amide bonds. The second-order valence-corrected chi connectivity index (χ2v) is 16.4. The molecule has 1 aromatic carbocycles. The van der Waals surface area contributed by atoms with Crippen LogP contribution in [0.1, 0.15) is 89.5 Å². The second kappa shape index (κ2) is 16.3. The molecule has 2 heterocycles.